The molecule has 0 aromatic heterocycles. The Labute approximate surface area is 122 Å². The van der Waals surface area contributed by atoms with E-state index in [1.807, 2.05) is 38.1 Å². The zero-order chi connectivity index (χ0) is 14.7. The first-order valence-electron chi connectivity index (χ1n) is 6.80. The van der Waals surface area contributed by atoms with Crippen molar-refractivity contribution in [1.82, 2.24) is 0 Å². The highest BCUT2D eigenvalue weighted by Gasteiger charge is 2.56. The summed E-state index contributed by atoms with van der Waals surface area (Å²) in [5.41, 5.74) is 2.48. The monoisotopic (exact) mass is 289 g/mol. The molecule has 1 amide bonds. The van der Waals surface area contributed by atoms with Crippen LogP contribution in [-0.4, -0.2) is 22.4 Å². The third-order valence-corrected chi connectivity index (χ3v) is 7.04. The molecule has 0 radical (unpaired) electrons. The van der Waals surface area contributed by atoms with Crippen molar-refractivity contribution in [1.29, 1.82) is 0 Å². The SMILES string of the molecule is C=C(C)[C@@]1(C)C[C@@H]2c3ccccc3N(C)C(=O)[C@H]1S2=O. The van der Waals surface area contributed by atoms with Crippen LogP contribution in [0.25, 0.3) is 0 Å². The van der Waals surface area contributed by atoms with Crippen LogP contribution in [0.3, 0.4) is 0 Å². The van der Waals surface area contributed by atoms with Gasteiger partial charge in [-0.3, -0.25) is 9.00 Å². The molecule has 2 bridgehead atoms. The van der Waals surface area contributed by atoms with Gasteiger partial charge in [0.25, 0.3) is 0 Å². The Morgan fingerprint density at radius 1 is 1.45 bits per heavy atom. The second kappa shape index (κ2) is 4.29. The lowest BCUT2D eigenvalue weighted by molar-refractivity contribution is -0.119. The van der Waals surface area contributed by atoms with Crippen molar-refractivity contribution in [2.75, 3.05) is 11.9 Å². The summed E-state index contributed by atoms with van der Waals surface area (Å²) in [5.74, 6) is -0.0544. The van der Waals surface area contributed by atoms with E-state index in [9.17, 15) is 9.00 Å². The molecule has 0 N–H and O–H groups in total. The van der Waals surface area contributed by atoms with Gasteiger partial charge in [-0.15, -0.1) is 0 Å². The van der Waals surface area contributed by atoms with Crippen molar-refractivity contribution in [2.24, 2.45) is 5.41 Å². The lowest BCUT2D eigenvalue weighted by Crippen LogP contribution is -2.45. The van der Waals surface area contributed by atoms with Crippen LogP contribution < -0.4 is 4.90 Å². The fourth-order valence-electron chi connectivity index (χ4n) is 3.36. The quantitative estimate of drug-likeness (QED) is 0.746. The molecule has 1 aromatic carbocycles. The summed E-state index contributed by atoms with van der Waals surface area (Å²) in [5, 5.41) is -0.561. The fourth-order valence-corrected chi connectivity index (χ4v) is 5.82. The Hall–Kier alpha value is -1.42. The van der Waals surface area contributed by atoms with Crippen molar-refractivity contribution in [3.63, 3.8) is 0 Å². The van der Waals surface area contributed by atoms with Crippen molar-refractivity contribution < 1.29 is 9.00 Å². The van der Waals surface area contributed by atoms with E-state index in [0.29, 0.717) is 0 Å². The topological polar surface area (TPSA) is 37.4 Å². The molecule has 2 aliphatic rings. The third kappa shape index (κ3) is 1.57. The lowest BCUT2D eigenvalue weighted by atomic mass is 9.74. The molecule has 0 spiro atoms. The predicted octanol–water partition coefficient (Wildman–Crippen LogP) is 2.81. The normalized spacial score (nSPS) is 35.6. The molecule has 2 aliphatic heterocycles. The van der Waals surface area contributed by atoms with Crippen molar-refractivity contribution >= 4 is 22.4 Å². The van der Waals surface area contributed by atoms with Crippen LogP contribution in [0.2, 0.25) is 0 Å². The molecule has 20 heavy (non-hydrogen) atoms. The number of anilines is 1. The number of carbonyl (C=O) groups is 1. The molecule has 106 valence electrons. The van der Waals surface area contributed by atoms with Gasteiger partial charge in [0.1, 0.15) is 5.25 Å². The number of allylic oxidation sites excluding steroid dienone is 1. The fraction of sp³-hybridized carbons (Fsp3) is 0.438. The van der Waals surface area contributed by atoms with Crippen LogP contribution in [0.5, 0.6) is 0 Å². The molecule has 0 saturated carbocycles. The van der Waals surface area contributed by atoms with Crippen molar-refractivity contribution in [3.05, 3.63) is 42.0 Å². The predicted molar refractivity (Wildman–Crippen MR) is 82.1 cm³/mol. The summed E-state index contributed by atoms with van der Waals surface area (Å²) in [6.45, 7) is 8.01. The average molecular weight is 289 g/mol. The zero-order valence-electron chi connectivity index (χ0n) is 12.1. The molecule has 1 unspecified atom stereocenters. The number of rotatable bonds is 1. The van der Waals surface area contributed by atoms with Gasteiger partial charge in [0, 0.05) is 28.9 Å². The van der Waals surface area contributed by atoms with Crippen molar-refractivity contribution in [2.45, 2.75) is 30.8 Å². The number of hydrogen-bond acceptors (Lipinski definition) is 2. The minimum absolute atomic E-state index is 0.0544. The van der Waals surface area contributed by atoms with Gasteiger partial charge in [0.2, 0.25) is 5.91 Å². The highest BCUT2D eigenvalue weighted by Crippen LogP contribution is 2.55. The second-order valence-corrected chi connectivity index (χ2v) is 7.75. The molecular weight excluding hydrogens is 270 g/mol. The van der Waals surface area contributed by atoms with Gasteiger partial charge in [-0.05, 0) is 25.0 Å². The molecule has 4 atom stereocenters. The van der Waals surface area contributed by atoms with Crippen LogP contribution in [0.15, 0.2) is 36.4 Å². The van der Waals surface area contributed by atoms with E-state index in [-0.39, 0.29) is 16.6 Å². The van der Waals surface area contributed by atoms with Crippen LogP contribution in [-0.2, 0) is 15.6 Å². The number of carbonyl (C=O) groups excluding carboxylic acids is 1. The first-order valence-corrected chi connectivity index (χ1v) is 8.07. The first-order chi connectivity index (χ1) is 9.38. The van der Waals surface area contributed by atoms with E-state index < -0.39 is 16.0 Å². The van der Waals surface area contributed by atoms with Gasteiger partial charge < -0.3 is 4.90 Å². The lowest BCUT2D eigenvalue weighted by Gasteiger charge is -2.34. The molecule has 2 heterocycles. The minimum atomic E-state index is -1.19. The first kappa shape index (κ1) is 13.6. The van der Waals surface area contributed by atoms with E-state index in [4.69, 9.17) is 0 Å². The molecule has 3 rings (SSSR count). The van der Waals surface area contributed by atoms with Crippen LogP contribution >= 0.6 is 0 Å². The molecule has 4 heteroatoms. The molecule has 0 aliphatic carbocycles. The van der Waals surface area contributed by atoms with Crippen molar-refractivity contribution in [3.8, 4) is 0 Å². The van der Waals surface area contributed by atoms with Gasteiger partial charge >= 0.3 is 0 Å². The highest BCUT2D eigenvalue weighted by atomic mass is 32.2. The van der Waals surface area contributed by atoms with E-state index in [2.05, 4.69) is 6.58 Å². The van der Waals surface area contributed by atoms with Crippen LogP contribution in [0, 0.1) is 5.41 Å². The smallest absolute Gasteiger partial charge is 0.243 e. The zero-order valence-corrected chi connectivity index (χ0v) is 12.9. The number of amides is 1. The van der Waals surface area contributed by atoms with Gasteiger partial charge in [0.15, 0.2) is 0 Å². The van der Waals surface area contributed by atoms with E-state index >= 15 is 0 Å². The standard InChI is InChI=1S/C16H19NO2S/c1-10(2)16(3)9-13-11-7-5-6-8-12(11)17(4)15(18)14(16)20(13)19/h5-8,13-14H,1,9H2,2-4H3/t13-,14-,16-,20?/m1/s1. The maximum absolute atomic E-state index is 12.9. The maximum Gasteiger partial charge on any atom is 0.243 e. The second-order valence-electron chi connectivity index (χ2n) is 6.06. The molecule has 1 fully saturated rings. The molecule has 1 saturated heterocycles. The van der Waals surface area contributed by atoms with Crippen LogP contribution in [0.4, 0.5) is 5.69 Å². The van der Waals surface area contributed by atoms with Gasteiger partial charge in [-0.25, -0.2) is 0 Å². The average Bonchev–Trinajstić information content (AvgIpc) is 2.66. The summed E-state index contributed by atoms with van der Waals surface area (Å²) < 4.78 is 12.9. The largest absolute Gasteiger partial charge is 0.314 e. The summed E-state index contributed by atoms with van der Waals surface area (Å²) in [4.78, 5) is 14.5. The van der Waals surface area contributed by atoms with Gasteiger partial charge in [-0.2, -0.15) is 0 Å². The van der Waals surface area contributed by atoms with Gasteiger partial charge in [-0.1, -0.05) is 37.3 Å². The maximum atomic E-state index is 12.9. The summed E-state index contributed by atoms with van der Waals surface area (Å²) in [6.07, 6.45) is 0.732. The Morgan fingerprint density at radius 2 is 2.10 bits per heavy atom. The Kier molecular flexibility index (Phi) is 2.91. The van der Waals surface area contributed by atoms with E-state index in [1.165, 1.54) is 0 Å². The number of nitrogens with zero attached hydrogens (tertiary/aromatic N) is 1. The summed E-state index contributed by atoms with van der Waals surface area (Å²) in [6, 6.07) is 7.80. The van der Waals surface area contributed by atoms with Crippen LogP contribution in [0.1, 0.15) is 31.1 Å². The number of fused-ring (bicyclic) bond motifs is 4. The number of hydrogen-bond donors (Lipinski definition) is 0. The molecule has 3 nitrogen and oxygen atoms in total. The van der Waals surface area contributed by atoms with Gasteiger partial charge in [0.05, 0.1) is 5.25 Å². The number of para-hydroxylation sites is 1. The Bertz CT molecular complexity index is 639. The highest BCUT2D eigenvalue weighted by molar-refractivity contribution is 7.87. The van der Waals surface area contributed by atoms with E-state index in [0.717, 1.165) is 23.2 Å². The minimum Gasteiger partial charge on any atom is -0.314 e. The number of benzene rings is 1. The summed E-state index contributed by atoms with van der Waals surface area (Å²) in [7, 11) is 0.586. The molecular formula is C16H19NO2S. The third-order valence-electron chi connectivity index (χ3n) is 4.88. The Balaban J connectivity index is 2.25. The Morgan fingerprint density at radius 3 is 2.75 bits per heavy atom. The summed E-state index contributed by atoms with van der Waals surface area (Å²) >= 11 is 0. The molecule has 1 aromatic rings. The van der Waals surface area contributed by atoms with E-state index in [1.54, 1.807) is 11.9 Å².